The van der Waals surface area contributed by atoms with Crippen molar-refractivity contribution in [3.63, 3.8) is 0 Å². The Hall–Kier alpha value is -6.52. The van der Waals surface area contributed by atoms with Crippen LogP contribution in [-0.2, 0) is 6.42 Å². The van der Waals surface area contributed by atoms with E-state index in [2.05, 4.69) is 150 Å². The van der Waals surface area contributed by atoms with Crippen molar-refractivity contribution < 1.29 is 0 Å². The van der Waals surface area contributed by atoms with Gasteiger partial charge in [-0.3, -0.25) is 0 Å². The Bertz CT molecular complexity index is 2610. The van der Waals surface area contributed by atoms with Gasteiger partial charge in [-0.1, -0.05) is 104 Å². The Morgan fingerprint density at radius 3 is 1.60 bits per heavy atom. The van der Waals surface area contributed by atoms with E-state index in [4.69, 9.17) is 9.97 Å². The third-order valence-corrected chi connectivity index (χ3v) is 9.53. The van der Waals surface area contributed by atoms with Crippen molar-refractivity contribution in [2.45, 2.75) is 13.3 Å². The largest absolute Gasteiger partial charge is 0.310 e. The molecular weight excluding hydrogens is 609 g/mol. The molecule has 0 bridgehead atoms. The van der Waals surface area contributed by atoms with Gasteiger partial charge in [0.1, 0.15) is 0 Å². The number of fused-ring (bicyclic) bond motifs is 4. The van der Waals surface area contributed by atoms with Gasteiger partial charge in [-0.05, 0) is 90.8 Å². The molecule has 4 nitrogen and oxygen atoms in total. The van der Waals surface area contributed by atoms with Gasteiger partial charge >= 0.3 is 0 Å². The van der Waals surface area contributed by atoms with Crippen molar-refractivity contribution in [2.24, 2.45) is 0 Å². The van der Waals surface area contributed by atoms with Gasteiger partial charge in [0.05, 0.1) is 33.5 Å². The monoisotopic (exact) mass is 642 g/mol. The molecule has 9 rings (SSSR count). The van der Waals surface area contributed by atoms with Gasteiger partial charge in [-0.2, -0.15) is 0 Å². The highest BCUT2D eigenvalue weighted by Crippen LogP contribution is 2.41. The molecular formula is C46H34N4. The normalized spacial score (nSPS) is 11.4. The molecule has 0 N–H and O–H groups in total. The summed E-state index contributed by atoms with van der Waals surface area (Å²) < 4.78 is 2.38. The number of hydrogen-bond acceptors (Lipinski definition) is 3. The number of anilines is 3. The molecule has 7 aromatic carbocycles. The van der Waals surface area contributed by atoms with Crippen LogP contribution < -0.4 is 4.90 Å². The molecule has 4 heteroatoms. The third-order valence-electron chi connectivity index (χ3n) is 9.53. The van der Waals surface area contributed by atoms with Crippen LogP contribution in [0.15, 0.2) is 176 Å². The number of benzene rings is 7. The zero-order chi connectivity index (χ0) is 33.4. The molecule has 0 saturated heterocycles. The summed E-state index contributed by atoms with van der Waals surface area (Å²) >= 11 is 0. The molecule has 2 aromatic heterocycles. The van der Waals surface area contributed by atoms with Gasteiger partial charge in [0.15, 0.2) is 0 Å². The lowest BCUT2D eigenvalue weighted by Crippen LogP contribution is -2.09. The van der Waals surface area contributed by atoms with Crippen LogP contribution >= 0.6 is 0 Å². The van der Waals surface area contributed by atoms with Crippen LogP contribution in [0.4, 0.5) is 17.1 Å². The number of aryl methyl sites for hydroxylation is 1. The first kappa shape index (κ1) is 29.6. The average molecular weight is 643 g/mol. The maximum absolute atomic E-state index is 5.14. The van der Waals surface area contributed by atoms with Gasteiger partial charge in [-0.25, -0.2) is 9.97 Å². The molecule has 0 atom stereocenters. The average Bonchev–Trinajstić information content (AvgIpc) is 3.52. The Kier molecular flexibility index (Phi) is 7.40. The Balaban J connectivity index is 1.20. The Labute approximate surface area is 291 Å². The molecule has 0 radical (unpaired) electrons. The van der Waals surface area contributed by atoms with Crippen LogP contribution in [0.1, 0.15) is 12.5 Å². The fraction of sp³-hybridized carbons (Fsp3) is 0.0435. The smallest absolute Gasteiger partial charge is 0.0973 e. The lowest BCUT2D eigenvalue weighted by molar-refractivity contribution is 1.14. The number of para-hydroxylation sites is 4. The van der Waals surface area contributed by atoms with E-state index in [0.717, 1.165) is 62.7 Å². The Morgan fingerprint density at radius 1 is 0.460 bits per heavy atom. The highest BCUT2D eigenvalue weighted by Gasteiger charge is 2.19. The zero-order valence-electron chi connectivity index (χ0n) is 27.7. The lowest BCUT2D eigenvalue weighted by Gasteiger charge is -2.26. The summed E-state index contributed by atoms with van der Waals surface area (Å²) in [6.07, 6.45) is 0.990. The van der Waals surface area contributed by atoms with Crippen LogP contribution in [0.25, 0.3) is 61.0 Å². The van der Waals surface area contributed by atoms with Gasteiger partial charge in [0, 0.05) is 44.6 Å². The molecule has 0 aliphatic rings. The molecule has 0 aliphatic heterocycles. The first-order valence-corrected chi connectivity index (χ1v) is 17.2. The number of aromatic nitrogens is 3. The second kappa shape index (κ2) is 12.5. The molecule has 9 aromatic rings. The van der Waals surface area contributed by atoms with E-state index in [0.29, 0.717) is 0 Å². The van der Waals surface area contributed by atoms with E-state index < -0.39 is 0 Å². The number of hydrogen-bond donors (Lipinski definition) is 0. The third kappa shape index (κ3) is 5.19. The molecule has 0 fully saturated rings. The number of rotatable bonds is 7. The predicted molar refractivity (Wildman–Crippen MR) is 209 cm³/mol. The van der Waals surface area contributed by atoms with E-state index in [1.807, 2.05) is 42.5 Å². The van der Waals surface area contributed by atoms with E-state index in [9.17, 15) is 0 Å². The van der Waals surface area contributed by atoms with Gasteiger partial charge in [0.25, 0.3) is 0 Å². The molecule has 50 heavy (non-hydrogen) atoms. The highest BCUT2D eigenvalue weighted by atomic mass is 15.1. The first-order valence-electron chi connectivity index (χ1n) is 17.2. The molecule has 0 amide bonds. The van der Waals surface area contributed by atoms with E-state index >= 15 is 0 Å². The molecule has 0 saturated carbocycles. The summed E-state index contributed by atoms with van der Waals surface area (Å²) in [5, 5.41) is 2.49. The van der Waals surface area contributed by atoms with Gasteiger partial charge in [-0.15, -0.1) is 0 Å². The van der Waals surface area contributed by atoms with Gasteiger partial charge < -0.3 is 9.47 Å². The van der Waals surface area contributed by atoms with E-state index in [-0.39, 0.29) is 0 Å². The minimum atomic E-state index is 0.870. The summed E-state index contributed by atoms with van der Waals surface area (Å²) in [5.41, 5.74) is 13.7. The van der Waals surface area contributed by atoms with Crippen LogP contribution in [0.5, 0.6) is 0 Å². The summed E-state index contributed by atoms with van der Waals surface area (Å²) in [5.74, 6) is 0. The quantitative estimate of drug-likeness (QED) is 0.173. The van der Waals surface area contributed by atoms with Crippen LogP contribution in [-0.4, -0.2) is 14.5 Å². The lowest BCUT2D eigenvalue weighted by atomic mass is 10.0. The van der Waals surface area contributed by atoms with Crippen molar-refractivity contribution in [1.29, 1.82) is 0 Å². The van der Waals surface area contributed by atoms with Crippen molar-refractivity contribution in [3.8, 4) is 28.2 Å². The SMILES string of the molecule is CCc1ccc2c(c1)c1cc(N(c3ccccc3)c3ccc(-c4nc5ccccc5nc4-c4ccccc4)cc3)ccc1n2-c1ccccc1. The molecule has 0 unspecified atom stereocenters. The second-order valence-corrected chi connectivity index (χ2v) is 12.6. The van der Waals surface area contributed by atoms with Crippen molar-refractivity contribution >= 4 is 49.9 Å². The van der Waals surface area contributed by atoms with Crippen LogP contribution in [0.3, 0.4) is 0 Å². The van der Waals surface area contributed by atoms with Crippen molar-refractivity contribution in [2.75, 3.05) is 4.90 Å². The van der Waals surface area contributed by atoms with Crippen LogP contribution in [0.2, 0.25) is 0 Å². The van der Waals surface area contributed by atoms with Crippen molar-refractivity contribution in [1.82, 2.24) is 14.5 Å². The fourth-order valence-corrected chi connectivity index (χ4v) is 7.06. The first-order chi connectivity index (χ1) is 24.7. The van der Waals surface area contributed by atoms with Gasteiger partial charge in [0.2, 0.25) is 0 Å². The topological polar surface area (TPSA) is 34.0 Å². The fourth-order valence-electron chi connectivity index (χ4n) is 7.06. The zero-order valence-corrected chi connectivity index (χ0v) is 27.7. The van der Waals surface area contributed by atoms with Crippen LogP contribution in [0, 0.1) is 0 Å². The van der Waals surface area contributed by atoms with Crippen molar-refractivity contribution in [3.05, 3.63) is 181 Å². The molecule has 2 heterocycles. The highest BCUT2D eigenvalue weighted by molar-refractivity contribution is 6.11. The molecule has 0 aliphatic carbocycles. The standard InChI is InChI=1S/C46H34N4/c1-2-32-22-28-43-39(30-32)40-31-38(27-29-44(40)50(43)36-18-10-5-11-19-36)49(35-16-8-4-9-17-35)37-25-23-34(24-26-37)46-45(33-14-6-3-7-15-33)47-41-20-12-13-21-42(41)48-46/h3-31H,2H2,1H3. The predicted octanol–water partition coefficient (Wildman–Crippen LogP) is 12.1. The molecule has 238 valence electrons. The Morgan fingerprint density at radius 2 is 0.960 bits per heavy atom. The summed E-state index contributed by atoms with van der Waals surface area (Å²) in [7, 11) is 0. The summed E-state index contributed by atoms with van der Waals surface area (Å²) in [4.78, 5) is 12.6. The summed E-state index contributed by atoms with van der Waals surface area (Å²) in [6.45, 7) is 2.22. The minimum absolute atomic E-state index is 0.870. The second-order valence-electron chi connectivity index (χ2n) is 12.6. The minimum Gasteiger partial charge on any atom is -0.310 e. The summed E-state index contributed by atoms with van der Waals surface area (Å²) in [6, 6.07) is 62.1. The number of nitrogens with zero attached hydrogens (tertiary/aromatic N) is 4. The molecule has 0 spiro atoms. The maximum atomic E-state index is 5.14. The van der Waals surface area contributed by atoms with E-state index in [1.54, 1.807) is 0 Å². The maximum Gasteiger partial charge on any atom is 0.0973 e. The van der Waals surface area contributed by atoms with E-state index in [1.165, 1.54) is 27.4 Å².